The number of rotatable bonds is 13. The number of benzene rings is 3. The van der Waals surface area contributed by atoms with Crippen molar-refractivity contribution in [2.75, 3.05) is 6.54 Å². The molecule has 0 spiro atoms. The zero-order valence-electron chi connectivity index (χ0n) is 22.3. The van der Waals surface area contributed by atoms with E-state index in [0.29, 0.717) is 26.0 Å². The first-order chi connectivity index (χ1) is 18.8. The summed E-state index contributed by atoms with van der Waals surface area (Å²) in [5.41, 5.74) is 4.43. The summed E-state index contributed by atoms with van der Waals surface area (Å²) < 4.78 is 35.0. The smallest absolute Gasteiger partial charge is 0.303 e. The van der Waals surface area contributed by atoms with Crippen LogP contribution < -0.4 is 4.72 Å². The molecule has 1 aliphatic rings. The Morgan fingerprint density at radius 2 is 1.64 bits per heavy atom. The third-order valence-corrected chi connectivity index (χ3v) is 8.84. The molecule has 0 unspecified atom stereocenters. The summed E-state index contributed by atoms with van der Waals surface area (Å²) >= 11 is 0. The number of nitrogens with one attached hydrogen (secondary N) is 1. The van der Waals surface area contributed by atoms with Gasteiger partial charge in [0.25, 0.3) is 0 Å². The molecule has 6 nitrogen and oxygen atoms in total. The lowest BCUT2D eigenvalue weighted by atomic mass is 9.91. The minimum absolute atomic E-state index is 0.00296. The fourth-order valence-corrected chi connectivity index (χ4v) is 6.23. The van der Waals surface area contributed by atoms with E-state index < -0.39 is 16.0 Å². The molecule has 0 saturated heterocycles. The van der Waals surface area contributed by atoms with Crippen LogP contribution in [0, 0.1) is 18.8 Å². The average Bonchev–Trinajstić information content (AvgIpc) is 3.33. The van der Waals surface area contributed by atoms with E-state index in [1.165, 1.54) is 5.56 Å². The van der Waals surface area contributed by atoms with E-state index in [2.05, 4.69) is 41.1 Å². The highest BCUT2D eigenvalue weighted by atomic mass is 32.2. The van der Waals surface area contributed by atoms with Crippen molar-refractivity contribution in [2.45, 2.75) is 56.6 Å². The Kier molecular flexibility index (Phi) is 10.1. The quantitative estimate of drug-likeness (QED) is 0.243. The molecule has 4 rings (SSSR count). The van der Waals surface area contributed by atoms with Crippen LogP contribution in [0.4, 0.5) is 0 Å². The zero-order chi connectivity index (χ0) is 27.7. The van der Waals surface area contributed by atoms with Gasteiger partial charge in [0.15, 0.2) is 0 Å². The summed E-state index contributed by atoms with van der Waals surface area (Å²) in [5.74, 6) is -0.557. The largest absolute Gasteiger partial charge is 0.481 e. The van der Waals surface area contributed by atoms with Crippen LogP contribution in [0.3, 0.4) is 0 Å². The van der Waals surface area contributed by atoms with Gasteiger partial charge in [-0.3, -0.25) is 4.79 Å². The third-order valence-electron chi connectivity index (χ3n) is 7.40. The highest BCUT2D eigenvalue weighted by Crippen LogP contribution is 2.37. The van der Waals surface area contributed by atoms with Gasteiger partial charge in [0, 0.05) is 13.0 Å². The Labute approximate surface area is 231 Å². The van der Waals surface area contributed by atoms with Gasteiger partial charge in [-0.1, -0.05) is 84.4 Å². The monoisotopic (exact) mass is 547 g/mol. The van der Waals surface area contributed by atoms with E-state index >= 15 is 0 Å². The van der Waals surface area contributed by atoms with E-state index in [9.17, 15) is 13.2 Å². The predicted octanol–water partition coefficient (Wildman–Crippen LogP) is 6.36. The highest BCUT2D eigenvalue weighted by molar-refractivity contribution is 7.89. The maximum Gasteiger partial charge on any atom is 0.303 e. The molecular formula is C32H37NO5S. The number of hydrogen-bond acceptors (Lipinski definition) is 4. The summed E-state index contributed by atoms with van der Waals surface area (Å²) in [4.78, 5) is 11.1. The number of ether oxygens (including phenoxy) is 1. The van der Waals surface area contributed by atoms with E-state index in [1.807, 2.05) is 37.3 Å². The van der Waals surface area contributed by atoms with Gasteiger partial charge < -0.3 is 9.84 Å². The molecule has 0 heterocycles. The molecule has 0 bridgehead atoms. The maximum atomic E-state index is 12.9. The predicted molar refractivity (Wildman–Crippen MR) is 154 cm³/mol. The number of aryl methyl sites for hydroxylation is 1. The second-order valence-corrected chi connectivity index (χ2v) is 12.0. The van der Waals surface area contributed by atoms with Crippen LogP contribution in [-0.4, -0.2) is 32.1 Å². The number of hydrogen-bond donors (Lipinski definition) is 2. The van der Waals surface area contributed by atoms with Gasteiger partial charge >= 0.3 is 5.97 Å². The Morgan fingerprint density at radius 1 is 0.949 bits per heavy atom. The van der Waals surface area contributed by atoms with Crippen LogP contribution in [0.1, 0.15) is 43.2 Å². The van der Waals surface area contributed by atoms with Crippen LogP contribution in [0.15, 0.2) is 95.9 Å². The summed E-state index contributed by atoms with van der Waals surface area (Å²) in [7, 11) is -3.60. The van der Waals surface area contributed by atoms with Gasteiger partial charge in [-0.15, -0.1) is 0 Å². The molecule has 0 aliphatic heterocycles. The van der Waals surface area contributed by atoms with E-state index in [0.717, 1.165) is 29.5 Å². The van der Waals surface area contributed by atoms with Crippen LogP contribution in [0.5, 0.6) is 0 Å². The van der Waals surface area contributed by atoms with Crippen molar-refractivity contribution in [3.63, 3.8) is 0 Å². The molecule has 0 amide bonds. The molecule has 7 heteroatoms. The summed E-state index contributed by atoms with van der Waals surface area (Å²) in [6.45, 7) is 2.75. The lowest BCUT2D eigenvalue weighted by molar-refractivity contribution is -0.136. The van der Waals surface area contributed by atoms with Gasteiger partial charge in [-0.2, -0.15) is 0 Å². The molecule has 206 valence electrons. The highest BCUT2D eigenvalue weighted by Gasteiger charge is 2.36. The van der Waals surface area contributed by atoms with Gasteiger partial charge in [-0.25, -0.2) is 13.1 Å². The fraction of sp³-hybridized carbons (Fsp3) is 0.344. The van der Waals surface area contributed by atoms with Crippen molar-refractivity contribution in [1.29, 1.82) is 0 Å². The summed E-state index contributed by atoms with van der Waals surface area (Å²) in [6.07, 6.45) is 6.93. The number of carboxylic acid groups (broad SMARTS) is 1. The number of carboxylic acids is 1. The van der Waals surface area contributed by atoms with Crippen LogP contribution in [0.2, 0.25) is 0 Å². The van der Waals surface area contributed by atoms with E-state index in [1.54, 1.807) is 24.3 Å². The molecule has 1 aliphatic carbocycles. The van der Waals surface area contributed by atoms with Crippen molar-refractivity contribution in [3.8, 4) is 11.1 Å². The SMILES string of the molecule is Cc1ccc(S(=O)(=O)NC[C@H]2CC[C@H](OCc3ccc(-c4ccccc4)cc3)[C@@H]2CC=CCCC(=O)O)cc1. The Morgan fingerprint density at radius 3 is 2.33 bits per heavy atom. The van der Waals surface area contributed by atoms with Gasteiger partial charge in [0.05, 0.1) is 17.6 Å². The van der Waals surface area contributed by atoms with Crippen LogP contribution in [0.25, 0.3) is 11.1 Å². The molecule has 3 atom stereocenters. The average molecular weight is 548 g/mol. The minimum atomic E-state index is -3.60. The first-order valence-electron chi connectivity index (χ1n) is 13.5. The van der Waals surface area contributed by atoms with Crippen molar-refractivity contribution >= 4 is 16.0 Å². The zero-order valence-corrected chi connectivity index (χ0v) is 23.1. The first-order valence-corrected chi connectivity index (χ1v) is 15.0. The first kappa shape index (κ1) is 28.7. The number of sulfonamides is 1. The fourth-order valence-electron chi connectivity index (χ4n) is 5.14. The molecule has 39 heavy (non-hydrogen) atoms. The third kappa shape index (κ3) is 8.36. The molecule has 2 N–H and O–H groups in total. The van der Waals surface area contributed by atoms with Crippen molar-refractivity contribution in [3.05, 3.63) is 102 Å². The number of allylic oxidation sites excluding steroid dienone is 2. The Balaban J connectivity index is 1.38. The molecule has 3 aromatic carbocycles. The van der Waals surface area contributed by atoms with Crippen molar-refractivity contribution in [1.82, 2.24) is 4.72 Å². The standard InChI is InChI=1S/C32H37NO5S/c1-24-12-19-29(20-13-24)39(36,37)33-22-28-18-21-31(30(28)10-6-3-7-11-32(34)35)38-23-25-14-16-27(17-15-25)26-8-4-2-5-9-26/h2-6,8-9,12-17,19-20,28,30-31,33H,7,10-11,18,21-23H2,1H3,(H,34,35)/t28-,30-,31+/m1/s1. The molecule has 1 fully saturated rings. The second-order valence-electron chi connectivity index (χ2n) is 10.2. The van der Waals surface area contributed by atoms with E-state index in [4.69, 9.17) is 9.84 Å². The van der Waals surface area contributed by atoms with Crippen LogP contribution >= 0.6 is 0 Å². The van der Waals surface area contributed by atoms with Gasteiger partial charge in [-0.05, 0) is 73.3 Å². The Bertz CT molecular complexity index is 1340. The van der Waals surface area contributed by atoms with Gasteiger partial charge in [0.2, 0.25) is 10.0 Å². The molecule has 0 radical (unpaired) electrons. The van der Waals surface area contributed by atoms with Crippen molar-refractivity contribution < 1.29 is 23.1 Å². The topological polar surface area (TPSA) is 92.7 Å². The molecule has 0 aromatic heterocycles. The normalized spacial score (nSPS) is 19.5. The number of carbonyl (C=O) groups is 1. The van der Waals surface area contributed by atoms with Crippen LogP contribution in [-0.2, 0) is 26.2 Å². The second kappa shape index (κ2) is 13.7. The Hall–Kier alpha value is -3.26. The van der Waals surface area contributed by atoms with Crippen molar-refractivity contribution in [2.24, 2.45) is 11.8 Å². The van der Waals surface area contributed by atoms with Gasteiger partial charge in [0.1, 0.15) is 0 Å². The lowest BCUT2D eigenvalue weighted by Gasteiger charge is -2.24. The summed E-state index contributed by atoms with van der Waals surface area (Å²) in [6, 6.07) is 25.5. The molecule has 3 aromatic rings. The lowest BCUT2D eigenvalue weighted by Crippen LogP contribution is -2.33. The minimum Gasteiger partial charge on any atom is -0.481 e. The number of aliphatic carboxylic acids is 1. The summed E-state index contributed by atoms with van der Waals surface area (Å²) in [5, 5.41) is 8.90. The van der Waals surface area contributed by atoms with E-state index in [-0.39, 0.29) is 29.3 Å². The maximum absolute atomic E-state index is 12.9. The molecular weight excluding hydrogens is 510 g/mol. The molecule has 1 saturated carbocycles.